The number of benzene rings is 1. The third-order valence-corrected chi connectivity index (χ3v) is 7.96. The number of hydrogen-bond acceptors (Lipinski definition) is 2. The van der Waals surface area contributed by atoms with E-state index < -0.39 is 0 Å². The second kappa shape index (κ2) is 3.98. The Hall–Kier alpha value is -1.97. The highest BCUT2D eigenvalue weighted by molar-refractivity contribution is 5.57. The van der Waals surface area contributed by atoms with E-state index >= 15 is 0 Å². The van der Waals surface area contributed by atoms with Crippen LogP contribution in [0.2, 0.25) is 0 Å². The van der Waals surface area contributed by atoms with Crippen molar-refractivity contribution in [1.82, 2.24) is 9.78 Å². The van der Waals surface area contributed by atoms with Crippen molar-refractivity contribution in [2.45, 2.75) is 51.4 Å². The molecule has 1 N–H and O–H groups in total. The number of aromatic nitrogens is 2. The van der Waals surface area contributed by atoms with E-state index in [-0.39, 0.29) is 16.4 Å². The monoisotopic (exact) mass is 324 g/mol. The molecule has 1 spiro atoms. The van der Waals surface area contributed by atoms with Gasteiger partial charge in [0.05, 0.1) is 12.8 Å². The van der Waals surface area contributed by atoms with Crippen molar-refractivity contribution in [2.24, 2.45) is 10.8 Å². The molecule has 1 heterocycles. The van der Waals surface area contributed by atoms with Crippen molar-refractivity contribution in [1.29, 1.82) is 0 Å². The van der Waals surface area contributed by atoms with Crippen LogP contribution in [0.4, 0.5) is 0 Å². The van der Waals surface area contributed by atoms with Gasteiger partial charge in [-0.05, 0) is 53.9 Å². The Bertz CT molecular complexity index is 905. The molecule has 1 aromatic carbocycles. The highest BCUT2D eigenvalue weighted by Crippen LogP contribution is 2.90. The molecule has 1 aromatic heterocycles. The first-order chi connectivity index (χ1) is 11.4. The van der Waals surface area contributed by atoms with Crippen molar-refractivity contribution < 1.29 is 4.74 Å². The molecule has 0 aliphatic heterocycles. The number of nitrogens with one attached hydrogen (secondary N) is 1. The van der Waals surface area contributed by atoms with Crippen molar-refractivity contribution in [3.05, 3.63) is 45.9 Å². The van der Waals surface area contributed by atoms with Crippen LogP contribution in [0.3, 0.4) is 0 Å². The maximum absolute atomic E-state index is 13.2. The first kappa shape index (κ1) is 14.4. The van der Waals surface area contributed by atoms with Crippen LogP contribution in [0.25, 0.3) is 5.69 Å². The number of H-pyrrole nitrogens is 1. The molecular formula is C20H24N2O2. The predicted octanol–water partition coefficient (Wildman–Crippen LogP) is 3.74. The quantitative estimate of drug-likeness (QED) is 0.915. The van der Waals surface area contributed by atoms with Crippen molar-refractivity contribution >= 4 is 0 Å². The summed E-state index contributed by atoms with van der Waals surface area (Å²) in [5.41, 5.74) is 3.95. The SMILES string of the molecule is COc1ccc(-n2[nH]c3c(c2=O)C2CCC[C@]24C(C)(C)[C@]34C)cc1. The van der Waals surface area contributed by atoms with Crippen LogP contribution in [0.15, 0.2) is 29.1 Å². The van der Waals surface area contributed by atoms with Gasteiger partial charge in [-0.3, -0.25) is 9.89 Å². The predicted molar refractivity (Wildman–Crippen MR) is 93.1 cm³/mol. The summed E-state index contributed by atoms with van der Waals surface area (Å²) in [5.74, 6) is 1.23. The van der Waals surface area contributed by atoms with Crippen molar-refractivity contribution in [3.63, 3.8) is 0 Å². The molecule has 3 aliphatic rings. The molecule has 0 saturated heterocycles. The molecule has 4 nitrogen and oxygen atoms in total. The normalized spacial score (nSPS) is 34.6. The number of nitrogens with zero attached hydrogens (tertiary/aromatic N) is 1. The van der Waals surface area contributed by atoms with Crippen LogP contribution >= 0.6 is 0 Å². The molecule has 3 atom stereocenters. The van der Waals surface area contributed by atoms with Gasteiger partial charge in [-0.15, -0.1) is 0 Å². The third-order valence-electron chi connectivity index (χ3n) is 7.96. The van der Waals surface area contributed by atoms with Crippen LogP contribution in [0.5, 0.6) is 5.75 Å². The summed E-state index contributed by atoms with van der Waals surface area (Å²) in [4.78, 5) is 13.2. The van der Waals surface area contributed by atoms with Gasteiger partial charge in [-0.25, -0.2) is 4.68 Å². The van der Waals surface area contributed by atoms with E-state index in [1.807, 2.05) is 24.3 Å². The Balaban J connectivity index is 1.70. The average molecular weight is 324 g/mol. The average Bonchev–Trinajstić information content (AvgIpc) is 3.05. The van der Waals surface area contributed by atoms with Gasteiger partial charge >= 0.3 is 0 Å². The summed E-state index contributed by atoms with van der Waals surface area (Å²) in [5, 5.41) is 3.49. The Labute approximate surface area is 141 Å². The summed E-state index contributed by atoms with van der Waals surface area (Å²) in [7, 11) is 1.65. The summed E-state index contributed by atoms with van der Waals surface area (Å²) < 4.78 is 6.95. The maximum Gasteiger partial charge on any atom is 0.274 e. The van der Waals surface area contributed by atoms with Gasteiger partial charge in [0.15, 0.2) is 0 Å². The Morgan fingerprint density at radius 3 is 2.58 bits per heavy atom. The first-order valence-electron chi connectivity index (χ1n) is 8.90. The Kier molecular flexibility index (Phi) is 2.39. The van der Waals surface area contributed by atoms with E-state index in [0.717, 1.165) is 23.4 Å². The van der Waals surface area contributed by atoms with Crippen LogP contribution < -0.4 is 10.3 Å². The van der Waals surface area contributed by atoms with Gasteiger partial charge in [0.25, 0.3) is 5.56 Å². The molecule has 2 aromatic rings. The number of ether oxygens (including phenoxy) is 1. The number of fused-ring (bicyclic) bond motifs is 3. The van der Waals surface area contributed by atoms with E-state index in [9.17, 15) is 4.79 Å². The second-order valence-electron chi connectivity index (χ2n) is 8.41. The van der Waals surface area contributed by atoms with E-state index in [1.54, 1.807) is 11.8 Å². The highest BCUT2D eigenvalue weighted by atomic mass is 16.5. The Morgan fingerprint density at radius 2 is 1.92 bits per heavy atom. The lowest BCUT2D eigenvalue weighted by atomic mass is 9.83. The number of aromatic amines is 1. The van der Waals surface area contributed by atoms with Gasteiger partial charge in [0.2, 0.25) is 0 Å². The van der Waals surface area contributed by atoms with Crippen LogP contribution in [-0.4, -0.2) is 16.9 Å². The van der Waals surface area contributed by atoms with Gasteiger partial charge in [0.1, 0.15) is 5.75 Å². The summed E-state index contributed by atoms with van der Waals surface area (Å²) >= 11 is 0. The minimum absolute atomic E-state index is 0.105. The molecular weight excluding hydrogens is 300 g/mol. The van der Waals surface area contributed by atoms with Crippen molar-refractivity contribution in [2.75, 3.05) is 7.11 Å². The molecule has 0 amide bonds. The fourth-order valence-corrected chi connectivity index (χ4v) is 6.58. The lowest BCUT2D eigenvalue weighted by Crippen LogP contribution is -2.22. The summed E-state index contributed by atoms with van der Waals surface area (Å²) in [6.45, 7) is 7.14. The molecule has 1 unspecified atom stereocenters. The highest BCUT2D eigenvalue weighted by Gasteiger charge is 2.87. The zero-order chi connectivity index (χ0) is 16.9. The van der Waals surface area contributed by atoms with E-state index in [2.05, 4.69) is 25.9 Å². The lowest BCUT2D eigenvalue weighted by molar-refractivity contribution is 0.354. The van der Waals surface area contributed by atoms with E-state index in [1.165, 1.54) is 18.5 Å². The zero-order valence-electron chi connectivity index (χ0n) is 14.8. The van der Waals surface area contributed by atoms with Gasteiger partial charge < -0.3 is 4.74 Å². The van der Waals surface area contributed by atoms with Gasteiger partial charge in [-0.2, -0.15) is 0 Å². The minimum Gasteiger partial charge on any atom is -0.497 e. The molecule has 0 bridgehead atoms. The molecule has 3 aliphatic carbocycles. The van der Waals surface area contributed by atoms with E-state index in [0.29, 0.717) is 11.3 Å². The fraction of sp³-hybridized carbons (Fsp3) is 0.550. The summed E-state index contributed by atoms with van der Waals surface area (Å²) in [6.07, 6.45) is 3.66. The molecule has 0 radical (unpaired) electrons. The lowest BCUT2D eigenvalue weighted by Gasteiger charge is -2.20. The zero-order valence-corrected chi connectivity index (χ0v) is 14.8. The topological polar surface area (TPSA) is 47.0 Å². The standard InChI is InChI=1S/C20H24N2O2/c1-18(2)19(3)16-15(14-6-5-11-20(14,18)19)17(23)22(21-16)12-7-9-13(24-4)10-8-12/h7-10,14,21H,5-6,11H2,1-4H3/t14?,19-,20+/m0/s1. The number of hydrogen-bond donors (Lipinski definition) is 1. The number of rotatable bonds is 2. The first-order valence-corrected chi connectivity index (χ1v) is 8.90. The van der Waals surface area contributed by atoms with Gasteiger partial charge in [0, 0.05) is 16.7 Å². The van der Waals surface area contributed by atoms with Crippen LogP contribution in [0, 0.1) is 10.8 Å². The third kappa shape index (κ3) is 1.19. The molecule has 2 saturated carbocycles. The van der Waals surface area contributed by atoms with E-state index in [4.69, 9.17) is 4.74 Å². The minimum atomic E-state index is 0.105. The summed E-state index contributed by atoms with van der Waals surface area (Å²) in [6, 6.07) is 7.68. The molecule has 4 heteroatoms. The number of methoxy groups -OCH3 is 1. The molecule has 126 valence electrons. The molecule has 2 fully saturated rings. The van der Waals surface area contributed by atoms with Gasteiger partial charge in [-0.1, -0.05) is 27.2 Å². The van der Waals surface area contributed by atoms with Crippen LogP contribution in [0.1, 0.15) is 57.2 Å². The largest absolute Gasteiger partial charge is 0.497 e. The smallest absolute Gasteiger partial charge is 0.274 e. The fourth-order valence-electron chi connectivity index (χ4n) is 6.58. The Morgan fingerprint density at radius 1 is 1.21 bits per heavy atom. The van der Waals surface area contributed by atoms with Crippen molar-refractivity contribution in [3.8, 4) is 11.4 Å². The van der Waals surface area contributed by atoms with Crippen LogP contribution in [-0.2, 0) is 5.41 Å². The molecule has 5 rings (SSSR count). The molecule has 24 heavy (non-hydrogen) atoms. The second-order valence-corrected chi connectivity index (χ2v) is 8.41. The maximum atomic E-state index is 13.2.